The van der Waals surface area contributed by atoms with Gasteiger partial charge in [0.2, 0.25) is 5.95 Å². The van der Waals surface area contributed by atoms with Gasteiger partial charge in [-0.3, -0.25) is 14.6 Å². The number of aromatic nitrogens is 5. The van der Waals surface area contributed by atoms with Gasteiger partial charge in [-0.25, -0.2) is 9.07 Å². The number of ether oxygens (including phenoxy) is 1. The third-order valence-electron chi connectivity index (χ3n) is 8.55. The van der Waals surface area contributed by atoms with E-state index in [2.05, 4.69) is 30.3 Å². The number of hydrogen-bond acceptors (Lipinski definition) is 10. The van der Waals surface area contributed by atoms with Crippen LogP contribution in [0.3, 0.4) is 0 Å². The molecule has 2 aliphatic heterocycles. The van der Waals surface area contributed by atoms with Crippen LogP contribution in [0.5, 0.6) is 0 Å². The molecular weight excluding hydrogens is 567 g/mol. The zero-order valence-electron chi connectivity index (χ0n) is 24.5. The summed E-state index contributed by atoms with van der Waals surface area (Å²) in [4.78, 5) is 23.7. The zero-order valence-corrected chi connectivity index (χ0v) is 24.5. The summed E-state index contributed by atoms with van der Waals surface area (Å²) < 4.78 is 29.3. The number of nitrogens with two attached hydrogens (primary N) is 1. The molecule has 0 unspecified atom stereocenters. The van der Waals surface area contributed by atoms with E-state index in [4.69, 9.17) is 14.9 Å². The Labute approximate surface area is 252 Å². The first-order chi connectivity index (χ1) is 21.4. The first-order valence-electron chi connectivity index (χ1n) is 14.8. The standard InChI is InChI=1S/C30H35FN10O3/c1-37(21-18-43-19-21)7-6-33-29(42)20-4-5-25(23(31)15-20)39-11-8-38(9-12-39)10-13-40-28-22(17-34-40)26-16-24(27-3-2-14-44-27)36-41(26)30(32)35-28/h2-5,14-17,21H,6-13,18-19H2,1H3,(H2,32,35)(H,33,42). The Morgan fingerprint density at radius 2 is 2.00 bits per heavy atom. The predicted octanol–water partition coefficient (Wildman–Crippen LogP) is 1.94. The average molecular weight is 603 g/mol. The van der Waals surface area contributed by atoms with Gasteiger partial charge in [-0.15, -0.1) is 0 Å². The van der Waals surface area contributed by atoms with Crippen LogP contribution in [-0.2, 0) is 11.3 Å². The van der Waals surface area contributed by atoms with Gasteiger partial charge in [0.25, 0.3) is 5.91 Å². The summed E-state index contributed by atoms with van der Waals surface area (Å²) in [6, 6.07) is 10.7. The number of fused-ring (bicyclic) bond motifs is 3. The van der Waals surface area contributed by atoms with Crippen molar-refractivity contribution in [1.82, 2.24) is 39.5 Å². The van der Waals surface area contributed by atoms with Crippen LogP contribution in [0.2, 0.25) is 0 Å². The molecule has 6 heterocycles. The predicted molar refractivity (Wildman–Crippen MR) is 163 cm³/mol. The summed E-state index contributed by atoms with van der Waals surface area (Å²) in [6.45, 7) is 6.96. The Bertz CT molecular complexity index is 1770. The summed E-state index contributed by atoms with van der Waals surface area (Å²) in [6.07, 6.45) is 3.40. The Balaban J connectivity index is 0.933. The van der Waals surface area contributed by atoms with Crippen LogP contribution in [-0.4, -0.2) is 112 Å². The summed E-state index contributed by atoms with van der Waals surface area (Å²) in [7, 11) is 2.01. The van der Waals surface area contributed by atoms with E-state index in [-0.39, 0.29) is 17.7 Å². The van der Waals surface area contributed by atoms with Gasteiger partial charge in [-0.1, -0.05) is 0 Å². The topological polar surface area (TPSA) is 135 Å². The van der Waals surface area contributed by atoms with Crippen LogP contribution in [0.1, 0.15) is 10.4 Å². The number of piperazine rings is 1. The molecule has 1 amide bonds. The van der Waals surface area contributed by atoms with Gasteiger partial charge in [0.1, 0.15) is 11.5 Å². The molecule has 0 atom stereocenters. The number of carbonyl (C=O) groups excluding carboxylic acids is 1. The molecule has 230 valence electrons. The van der Waals surface area contributed by atoms with Gasteiger partial charge >= 0.3 is 0 Å². The quantitative estimate of drug-likeness (QED) is 0.244. The highest BCUT2D eigenvalue weighted by molar-refractivity contribution is 5.95. The number of nitrogen functional groups attached to an aromatic ring is 1. The summed E-state index contributed by atoms with van der Waals surface area (Å²) >= 11 is 0. The van der Waals surface area contributed by atoms with E-state index in [0.717, 1.165) is 43.8 Å². The molecule has 3 N–H and O–H groups in total. The van der Waals surface area contributed by atoms with Crippen molar-refractivity contribution in [2.45, 2.75) is 12.6 Å². The van der Waals surface area contributed by atoms with Gasteiger partial charge in [0.15, 0.2) is 11.4 Å². The molecule has 7 rings (SSSR count). The maximum atomic E-state index is 15.1. The minimum absolute atomic E-state index is 0.271. The van der Waals surface area contributed by atoms with E-state index >= 15 is 4.39 Å². The van der Waals surface area contributed by atoms with E-state index in [9.17, 15) is 4.79 Å². The Hall–Kier alpha value is -4.53. The molecule has 0 aliphatic carbocycles. The number of nitrogens with one attached hydrogen (secondary N) is 1. The number of hydrogen-bond donors (Lipinski definition) is 2. The molecule has 5 aromatic rings. The van der Waals surface area contributed by atoms with E-state index in [1.165, 1.54) is 6.07 Å². The molecule has 44 heavy (non-hydrogen) atoms. The number of anilines is 2. The lowest BCUT2D eigenvalue weighted by atomic mass is 10.1. The maximum absolute atomic E-state index is 15.1. The van der Waals surface area contributed by atoms with Crippen LogP contribution in [0.15, 0.2) is 53.3 Å². The van der Waals surface area contributed by atoms with Crippen molar-refractivity contribution in [3.8, 4) is 11.5 Å². The molecule has 2 saturated heterocycles. The molecule has 0 radical (unpaired) electrons. The lowest BCUT2D eigenvalue weighted by molar-refractivity contribution is -0.0552. The Morgan fingerprint density at radius 3 is 2.73 bits per heavy atom. The number of amides is 1. The van der Waals surface area contributed by atoms with Gasteiger partial charge in [-0.2, -0.15) is 19.7 Å². The van der Waals surface area contributed by atoms with Gasteiger partial charge in [0, 0.05) is 51.4 Å². The highest BCUT2D eigenvalue weighted by Crippen LogP contribution is 2.27. The number of carbonyl (C=O) groups is 1. The SMILES string of the molecule is CN(CCNC(=O)c1ccc(N2CCN(CCn3ncc4c3nc(N)n3nc(-c5ccco5)cc43)CC2)c(F)c1)C1COC1. The normalized spacial score (nSPS) is 16.3. The first-order valence-corrected chi connectivity index (χ1v) is 14.8. The average Bonchev–Trinajstić information content (AvgIpc) is 3.76. The number of nitrogens with zero attached hydrogens (tertiary/aromatic N) is 8. The van der Waals surface area contributed by atoms with Crippen LogP contribution in [0.25, 0.3) is 28.0 Å². The van der Waals surface area contributed by atoms with Crippen LogP contribution >= 0.6 is 0 Å². The van der Waals surface area contributed by atoms with Crippen molar-refractivity contribution in [1.29, 1.82) is 0 Å². The fourth-order valence-electron chi connectivity index (χ4n) is 5.75. The number of halogens is 1. The second-order valence-corrected chi connectivity index (χ2v) is 11.3. The van der Waals surface area contributed by atoms with Crippen LogP contribution < -0.4 is 16.0 Å². The minimum atomic E-state index is -0.386. The number of likely N-dealkylation sites (N-methyl/N-ethyl adjacent to an activating group) is 1. The van der Waals surface area contributed by atoms with E-state index < -0.39 is 0 Å². The van der Waals surface area contributed by atoms with Gasteiger partial charge < -0.3 is 25.1 Å². The van der Waals surface area contributed by atoms with E-state index in [0.29, 0.717) is 67.1 Å². The second-order valence-electron chi connectivity index (χ2n) is 11.3. The molecular formula is C30H35FN10O3. The molecule has 0 spiro atoms. The molecule has 0 saturated carbocycles. The lowest BCUT2D eigenvalue weighted by Gasteiger charge is -2.36. The van der Waals surface area contributed by atoms with Crippen molar-refractivity contribution < 1.29 is 18.3 Å². The van der Waals surface area contributed by atoms with Crippen molar-refractivity contribution in [3.63, 3.8) is 0 Å². The molecule has 1 aromatic carbocycles. The van der Waals surface area contributed by atoms with Crippen molar-refractivity contribution >= 4 is 34.1 Å². The molecule has 13 nitrogen and oxygen atoms in total. The fraction of sp³-hybridized carbons (Fsp3) is 0.400. The number of furan rings is 1. The minimum Gasteiger partial charge on any atom is -0.463 e. The summed E-state index contributed by atoms with van der Waals surface area (Å²) in [5.74, 6) is 0.276. The van der Waals surface area contributed by atoms with Crippen LogP contribution in [0, 0.1) is 5.82 Å². The third kappa shape index (κ3) is 5.47. The van der Waals surface area contributed by atoms with E-state index in [1.807, 2.05) is 34.8 Å². The van der Waals surface area contributed by atoms with Crippen molar-refractivity contribution in [2.75, 3.05) is 76.7 Å². The Kier molecular flexibility index (Phi) is 7.62. The van der Waals surface area contributed by atoms with Crippen molar-refractivity contribution in [2.24, 2.45) is 0 Å². The van der Waals surface area contributed by atoms with Crippen molar-refractivity contribution in [3.05, 3.63) is 60.2 Å². The second kappa shape index (κ2) is 11.9. The third-order valence-corrected chi connectivity index (χ3v) is 8.55. The van der Waals surface area contributed by atoms with E-state index in [1.54, 1.807) is 29.1 Å². The fourth-order valence-corrected chi connectivity index (χ4v) is 5.75. The smallest absolute Gasteiger partial charge is 0.251 e. The lowest BCUT2D eigenvalue weighted by Crippen LogP contribution is -2.49. The van der Waals surface area contributed by atoms with Gasteiger partial charge in [-0.05, 0) is 43.4 Å². The molecule has 0 bridgehead atoms. The Morgan fingerprint density at radius 1 is 1.16 bits per heavy atom. The summed E-state index contributed by atoms with van der Waals surface area (Å²) in [5.41, 5.74) is 9.29. The molecule has 14 heteroatoms. The molecule has 2 aliphatic rings. The maximum Gasteiger partial charge on any atom is 0.251 e. The number of benzene rings is 1. The zero-order chi connectivity index (χ0) is 30.2. The largest absolute Gasteiger partial charge is 0.463 e. The molecule has 2 fully saturated rings. The highest BCUT2D eigenvalue weighted by atomic mass is 19.1. The highest BCUT2D eigenvalue weighted by Gasteiger charge is 2.24. The van der Waals surface area contributed by atoms with Gasteiger partial charge in [0.05, 0.1) is 54.9 Å². The number of rotatable bonds is 10. The molecule has 4 aromatic heterocycles. The summed E-state index contributed by atoms with van der Waals surface area (Å²) in [5, 5.41) is 12.9. The van der Waals surface area contributed by atoms with Crippen LogP contribution in [0.4, 0.5) is 16.0 Å². The monoisotopic (exact) mass is 602 g/mol. The first kappa shape index (κ1) is 28.3.